The van der Waals surface area contributed by atoms with E-state index in [1.807, 2.05) is 0 Å². The van der Waals surface area contributed by atoms with E-state index in [1.165, 1.54) is 13.3 Å². The molecule has 2 atom stereocenters. The van der Waals surface area contributed by atoms with Crippen LogP contribution >= 0.6 is 27.5 Å². The lowest BCUT2D eigenvalue weighted by molar-refractivity contribution is -0.136. The maximum absolute atomic E-state index is 12.5. The zero-order valence-electron chi connectivity index (χ0n) is 25.1. The highest BCUT2D eigenvalue weighted by molar-refractivity contribution is 9.10. The van der Waals surface area contributed by atoms with Crippen LogP contribution in [-0.2, 0) is 16.1 Å². The molecular formula is C32H31BrClN5O7. The van der Waals surface area contributed by atoms with E-state index in [0.717, 1.165) is 5.56 Å². The van der Waals surface area contributed by atoms with E-state index in [9.17, 15) is 14.7 Å². The van der Waals surface area contributed by atoms with Crippen LogP contribution in [-0.4, -0.2) is 49.9 Å². The summed E-state index contributed by atoms with van der Waals surface area (Å²) in [6.07, 6.45) is 0.243. The second kappa shape index (κ2) is 16.0. The van der Waals surface area contributed by atoms with Gasteiger partial charge in [-0.15, -0.1) is 0 Å². The van der Waals surface area contributed by atoms with Gasteiger partial charge in [-0.2, -0.15) is 10.4 Å². The number of nitriles is 1. The molecule has 0 bridgehead atoms. The maximum atomic E-state index is 12.5. The minimum absolute atomic E-state index is 0.200. The number of aliphatic hydroxyl groups excluding tert-OH is 1. The Hall–Kier alpha value is -4.77. The summed E-state index contributed by atoms with van der Waals surface area (Å²) in [6, 6.07) is 16.2. The zero-order valence-corrected chi connectivity index (χ0v) is 27.4. The minimum Gasteiger partial charge on any atom is -0.490 e. The van der Waals surface area contributed by atoms with Crippen molar-refractivity contribution in [2.75, 3.05) is 20.3 Å². The molecule has 0 aliphatic carbocycles. The summed E-state index contributed by atoms with van der Waals surface area (Å²) < 4.78 is 23.1. The molecule has 14 heteroatoms. The Morgan fingerprint density at radius 2 is 1.93 bits per heavy atom. The summed E-state index contributed by atoms with van der Waals surface area (Å²) in [5.74, 6) is 0.571. The number of hydrazone groups is 1. The van der Waals surface area contributed by atoms with E-state index in [1.54, 1.807) is 68.4 Å². The highest BCUT2D eigenvalue weighted by atomic mass is 79.9. The van der Waals surface area contributed by atoms with Crippen LogP contribution in [0.2, 0.25) is 5.02 Å². The Labute approximate surface area is 279 Å². The number of hydrogen-bond donors (Lipinski definition) is 4. The lowest BCUT2D eigenvalue weighted by atomic mass is 9.95. The van der Waals surface area contributed by atoms with E-state index in [-0.39, 0.29) is 18.8 Å². The molecule has 1 heterocycles. The van der Waals surface area contributed by atoms with Crippen molar-refractivity contribution in [1.29, 1.82) is 5.26 Å². The molecule has 0 spiro atoms. The molecule has 0 radical (unpaired) electrons. The van der Waals surface area contributed by atoms with Crippen molar-refractivity contribution in [2.45, 2.75) is 32.7 Å². The zero-order chi connectivity index (χ0) is 33.2. The number of methoxy groups -OCH3 is 1. The molecule has 240 valence electrons. The first-order valence-electron chi connectivity index (χ1n) is 14.0. The number of hydrogen-bond acceptors (Lipinski definition) is 10. The average molecular weight is 713 g/mol. The number of nitrogens with zero attached hydrogens (tertiary/aromatic N) is 2. The van der Waals surface area contributed by atoms with Crippen LogP contribution in [0.3, 0.4) is 0 Å². The molecule has 4 N–H and O–H groups in total. The number of rotatable bonds is 13. The number of nitrogens with one attached hydrogen (secondary N) is 3. The number of benzene rings is 3. The second-order valence-electron chi connectivity index (χ2n) is 9.82. The first-order valence-corrected chi connectivity index (χ1v) is 15.1. The average Bonchev–Trinajstić information content (AvgIpc) is 3.03. The number of urea groups is 1. The Balaban J connectivity index is 1.42. The number of aliphatic hydroxyl groups is 1. The Morgan fingerprint density at radius 3 is 2.63 bits per heavy atom. The van der Waals surface area contributed by atoms with Crippen molar-refractivity contribution in [3.63, 3.8) is 0 Å². The number of allylic oxidation sites excluding steroid dienone is 1. The maximum Gasteiger partial charge on any atom is 0.337 e. The molecule has 0 saturated heterocycles. The first-order chi connectivity index (χ1) is 22.1. The van der Waals surface area contributed by atoms with Crippen LogP contribution in [0.25, 0.3) is 0 Å². The molecule has 3 aromatic carbocycles. The molecule has 3 aromatic rings. The van der Waals surface area contributed by atoms with Crippen LogP contribution in [0.4, 0.5) is 4.79 Å². The van der Waals surface area contributed by atoms with Crippen LogP contribution < -0.4 is 30.3 Å². The second-order valence-corrected chi connectivity index (χ2v) is 11.1. The third-order valence-corrected chi connectivity index (χ3v) is 7.41. The van der Waals surface area contributed by atoms with E-state index in [4.69, 9.17) is 35.8 Å². The SMILES string of the molecule is CCOc1cc([C@H]2NC(=O)NC(C)=C2C(=O)OC)ccc1OC[C@H](O)N/N=C/c1cc(Cl)cc(Br)c1OCc1ccc(C#N)cc1. The smallest absolute Gasteiger partial charge is 0.337 e. The Kier molecular flexibility index (Phi) is 11.9. The number of ether oxygens (including phenoxy) is 4. The fraction of sp³-hybridized carbons (Fsp3) is 0.250. The summed E-state index contributed by atoms with van der Waals surface area (Å²) in [5, 5.41) is 29.4. The van der Waals surface area contributed by atoms with Gasteiger partial charge in [-0.25, -0.2) is 9.59 Å². The lowest BCUT2D eigenvalue weighted by Gasteiger charge is -2.28. The monoisotopic (exact) mass is 711 g/mol. The highest BCUT2D eigenvalue weighted by Gasteiger charge is 2.32. The van der Waals surface area contributed by atoms with E-state index in [0.29, 0.717) is 55.7 Å². The molecule has 0 unspecified atom stereocenters. The van der Waals surface area contributed by atoms with Gasteiger partial charge in [0.2, 0.25) is 0 Å². The van der Waals surface area contributed by atoms with Crippen molar-refractivity contribution >= 4 is 45.7 Å². The molecule has 1 aliphatic heterocycles. The van der Waals surface area contributed by atoms with Gasteiger partial charge in [0.1, 0.15) is 19.0 Å². The third kappa shape index (κ3) is 8.69. The van der Waals surface area contributed by atoms with Gasteiger partial charge in [0.15, 0.2) is 17.7 Å². The van der Waals surface area contributed by atoms with Crippen LogP contribution in [0.5, 0.6) is 17.2 Å². The minimum atomic E-state index is -1.21. The molecule has 2 amide bonds. The summed E-state index contributed by atoms with van der Waals surface area (Å²) in [6.45, 7) is 3.77. The first kappa shape index (κ1) is 34.1. The molecule has 0 saturated carbocycles. The molecule has 46 heavy (non-hydrogen) atoms. The summed E-state index contributed by atoms with van der Waals surface area (Å²) in [4.78, 5) is 24.6. The number of carbonyl (C=O) groups is 2. The highest BCUT2D eigenvalue weighted by Crippen LogP contribution is 2.35. The van der Waals surface area contributed by atoms with E-state index in [2.05, 4.69) is 43.2 Å². The standard InChI is InChI=1S/C32H31BrClN5O7/c1-4-44-26-12-21(29-28(31(41)43-3)18(2)37-32(42)38-29)9-10-25(26)45-17-27(40)39-36-15-22-11-23(34)13-24(33)30(22)46-16-20-7-5-19(14-35)6-8-20/h5-13,15,27,29,39-40H,4,16-17H2,1-3H3,(H2,37,38,42)/b36-15+/t27-,29+/m0/s1. The van der Waals surface area contributed by atoms with Gasteiger partial charge in [0.25, 0.3) is 0 Å². The normalized spacial score (nSPS) is 15.0. The largest absolute Gasteiger partial charge is 0.490 e. The van der Waals surface area contributed by atoms with Crippen LogP contribution in [0.15, 0.2) is 75.4 Å². The van der Waals surface area contributed by atoms with E-state index < -0.39 is 24.3 Å². The van der Waals surface area contributed by atoms with Gasteiger partial charge >= 0.3 is 12.0 Å². The third-order valence-electron chi connectivity index (χ3n) is 6.60. The van der Waals surface area contributed by atoms with Crippen molar-refractivity contribution in [3.05, 3.63) is 97.6 Å². The lowest BCUT2D eigenvalue weighted by Crippen LogP contribution is -2.45. The number of amides is 2. The van der Waals surface area contributed by atoms with Gasteiger partial charge in [-0.1, -0.05) is 29.8 Å². The molecule has 12 nitrogen and oxygen atoms in total. The summed E-state index contributed by atoms with van der Waals surface area (Å²) in [7, 11) is 1.27. The van der Waals surface area contributed by atoms with Crippen LogP contribution in [0.1, 0.15) is 42.1 Å². The summed E-state index contributed by atoms with van der Waals surface area (Å²) in [5.41, 5.74) is 5.77. The van der Waals surface area contributed by atoms with Crippen molar-refractivity contribution < 1.29 is 33.6 Å². The molecule has 4 rings (SSSR count). The van der Waals surface area contributed by atoms with Gasteiger partial charge in [0.05, 0.1) is 47.7 Å². The molecular weight excluding hydrogens is 682 g/mol. The fourth-order valence-electron chi connectivity index (χ4n) is 4.47. The summed E-state index contributed by atoms with van der Waals surface area (Å²) >= 11 is 9.72. The predicted molar refractivity (Wildman–Crippen MR) is 174 cm³/mol. The Morgan fingerprint density at radius 1 is 1.17 bits per heavy atom. The van der Waals surface area contributed by atoms with Gasteiger partial charge in [-0.05, 0) is 77.3 Å². The molecule has 0 aromatic heterocycles. The quantitative estimate of drug-likeness (QED) is 0.0820. The van der Waals surface area contributed by atoms with Crippen molar-refractivity contribution in [2.24, 2.45) is 5.10 Å². The van der Waals surface area contributed by atoms with Gasteiger partial charge < -0.3 is 34.7 Å². The predicted octanol–water partition coefficient (Wildman–Crippen LogP) is 5.07. The van der Waals surface area contributed by atoms with Crippen molar-refractivity contribution in [1.82, 2.24) is 16.1 Å². The molecule has 0 fully saturated rings. The van der Waals surface area contributed by atoms with Crippen molar-refractivity contribution in [3.8, 4) is 23.3 Å². The fourth-order valence-corrected chi connectivity index (χ4v) is 5.42. The van der Waals surface area contributed by atoms with Crippen LogP contribution in [0, 0.1) is 11.3 Å². The number of halogens is 2. The van der Waals surface area contributed by atoms with E-state index >= 15 is 0 Å². The Bertz CT molecular complexity index is 1690. The number of carbonyl (C=O) groups excluding carboxylic acids is 2. The molecule has 1 aliphatic rings. The van der Waals surface area contributed by atoms with Gasteiger partial charge in [0, 0.05) is 16.3 Å². The number of esters is 1. The topological polar surface area (TPSA) is 164 Å². The van der Waals surface area contributed by atoms with Gasteiger partial charge in [-0.3, -0.25) is 5.43 Å².